The quantitative estimate of drug-likeness (QED) is 0.0376. The number of aryl methyl sites for hydroxylation is 1. The number of halogens is 18. The zero-order valence-electron chi connectivity index (χ0n) is 64.3. The van der Waals surface area contributed by atoms with E-state index >= 15 is 0 Å². The molecule has 0 fully saturated rings. The van der Waals surface area contributed by atoms with E-state index in [-0.39, 0.29) is 124 Å². The Kier molecular flexibility index (Phi) is 48.4. The Morgan fingerprint density at radius 1 is 0.538 bits per heavy atom. The predicted molar refractivity (Wildman–Crippen MR) is 431 cm³/mol. The summed E-state index contributed by atoms with van der Waals surface area (Å²) in [6.07, 6.45) is -12.3. The monoisotopic (exact) mass is 2360 g/mol. The molecule has 0 saturated heterocycles. The number of alkyl carbamates (subject to hydrolysis) is 1. The number of rotatable bonds is 12. The number of carbonyl (C=O) groups excluding carboxylic acids is 13. The molecule has 32 nitrogen and oxygen atoms in total. The lowest BCUT2D eigenvalue weighted by atomic mass is 9.95. The number of aliphatic hydroxyl groups is 1. The number of amides is 2. The number of nitrogens with zero attached hydrogens (tertiary/aromatic N) is 11. The lowest BCUT2D eigenvalue weighted by Gasteiger charge is -2.27. The number of hydrogen-bond donors (Lipinski definition) is 6. The van der Waals surface area contributed by atoms with Gasteiger partial charge in [-0.1, -0.05) is 41.5 Å². The third kappa shape index (κ3) is 35.6. The highest BCUT2D eigenvalue weighted by Crippen LogP contribution is 2.38. The van der Waals surface area contributed by atoms with Crippen LogP contribution in [0.25, 0.3) is 0 Å². The Labute approximate surface area is 741 Å². The summed E-state index contributed by atoms with van der Waals surface area (Å²) in [6, 6.07) is -3.62. The highest BCUT2D eigenvalue weighted by Gasteiger charge is 2.48. The molecule has 0 spiro atoms. The molecule has 0 aliphatic carbocycles. The first kappa shape index (κ1) is 110. The SMILES string of the molecule is CC(=O)c1c(I)nn2c1C(=O)NC(C(F)(F)F)C2.CC(=O)c1c(I)nn2c1CCC(C(F)(F)F)C2.CC(=O)c1c(I)nn2c1CNC(C(F)(F)F)C2.CC(C)CO.CCc1[nH]nc(I)c1CC.CCc1c(I)nn(CC(C)NC(=O)OC(C)(C)C)c1CC.O=C(O)c1c(I)nn2c1CCC(C(F)(F)F)C2.O=C=O.O=C=O.O=C=O.O=C=O. The molecular formula is C67H81F12I6N15O17. The average Bonchev–Trinajstić information content (AvgIpc) is 1.55. The van der Waals surface area contributed by atoms with E-state index < -0.39 is 78.4 Å². The molecule has 0 bridgehead atoms. The number of carboxylic acids is 1. The summed E-state index contributed by atoms with van der Waals surface area (Å²) in [5.41, 5.74) is 7.19. The number of carboxylic acid groups (broad SMARTS) is 1. The second-order valence-corrected chi connectivity index (χ2v) is 32.0. The number of fused-ring (bicyclic) bond motifs is 4. The fourth-order valence-electron chi connectivity index (χ4n) is 10.9. The van der Waals surface area contributed by atoms with Gasteiger partial charge in [0.2, 0.25) is 0 Å². The Morgan fingerprint density at radius 2 is 0.923 bits per heavy atom. The topological polar surface area (TPSA) is 443 Å². The largest absolute Gasteiger partial charge is 0.478 e. The van der Waals surface area contributed by atoms with Crippen LogP contribution in [-0.2, 0) is 121 Å². The number of Topliss-reactive ketones (excluding diaryl/α,β-unsaturated/α-hetero) is 3. The molecule has 6 aromatic heterocycles. The summed E-state index contributed by atoms with van der Waals surface area (Å²) >= 11 is 11.7. The van der Waals surface area contributed by atoms with E-state index in [1.165, 1.54) is 57.3 Å². The summed E-state index contributed by atoms with van der Waals surface area (Å²) in [7, 11) is 0. The van der Waals surface area contributed by atoms with Gasteiger partial charge in [-0.3, -0.25) is 53.0 Å². The zero-order chi connectivity index (χ0) is 90.9. The maximum Gasteiger partial charge on any atom is 0.410 e. The lowest BCUT2D eigenvalue weighted by Crippen LogP contribution is -2.52. The van der Waals surface area contributed by atoms with Crippen LogP contribution >= 0.6 is 136 Å². The fourth-order valence-corrected chi connectivity index (χ4v) is 16.2. The van der Waals surface area contributed by atoms with Gasteiger partial charge in [0.05, 0.1) is 78.3 Å². The fraction of sp³-hybridized carbons (Fsp3) is 0.582. The second kappa shape index (κ2) is 51.3. The molecule has 2 amide bonds. The van der Waals surface area contributed by atoms with Crippen molar-refractivity contribution in [2.45, 2.75) is 229 Å². The standard InChI is InChI=1S/C15H26IN3O2.C10H10F3IN2O.C9H7F3IN3O2.C9H9F3IN3O.C9H8F3IN2O2.C7H11IN2.C4H10O.4CO2/c1-7-11-12(8-2)19(18-13(11)16)9-10(3)17-14(20)21-15(4,5)6;1-5(17)8-7-3-2-6(10(11,12)13)4-16(7)15-9(8)14;1-3(17)5-6-8(18)14-4(9(10,11)12)2-16(6)15-7(5)13;1-4(17)7-5-2-14-6(9(10,11)12)3-16(5)15-8(7)13;10-9(11,12)4-1-2-5-6(8(16)17)7(13)14-15(5)3-4;1-3-5-6(4-2)9-10-7(5)8;1-4(2)3-5;4*2-1-3/h10H,7-9H2,1-6H3,(H,17,20);6H,2-4H2,1H3;4H,2H2,1H3,(H,14,18);6,14H,2-3H2,1H3;4H,1-3H2,(H,16,17);3-4H2,1-2H3,(H,9,10);4-5H,3H2,1-2H3;;;;. The van der Waals surface area contributed by atoms with Crippen molar-refractivity contribution in [1.82, 2.24) is 75.1 Å². The Morgan fingerprint density at radius 3 is 1.28 bits per heavy atom. The van der Waals surface area contributed by atoms with E-state index in [9.17, 15) is 81.5 Å². The van der Waals surface area contributed by atoms with Crippen molar-refractivity contribution in [1.29, 1.82) is 0 Å². The van der Waals surface area contributed by atoms with Gasteiger partial charge in [-0.05, 0) is 241 Å². The molecule has 5 atom stereocenters. The number of aromatic carboxylic acids is 1. The van der Waals surface area contributed by atoms with Crippen LogP contribution in [0.4, 0.5) is 57.5 Å². The molecule has 5 unspecified atom stereocenters. The number of aromatic nitrogens is 12. The van der Waals surface area contributed by atoms with Crippen LogP contribution < -0.4 is 16.0 Å². The van der Waals surface area contributed by atoms with E-state index in [2.05, 4.69) is 119 Å². The third-order valence-electron chi connectivity index (χ3n) is 15.9. The number of carbonyl (C=O) groups is 6. The van der Waals surface area contributed by atoms with Crippen LogP contribution in [0, 0.1) is 40.0 Å². The normalized spacial score (nSPS) is 15.7. The Hall–Kier alpha value is -6.54. The summed E-state index contributed by atoms with van der Waals surface area (Å²) in [4.78, 5) is 134. The van der Waals surface area contributed by atoms with Crippen molar-refractivity contribution >= 4 is 195 Å². The summed E-state index contributed by atoms with van der Waals surface area (Å²) in [5.74, 6) is -5.14. The number of ether oxygens (including phenoxy) is 1. The van der Waals surface area contributed by atoms with E-state index in [1.54, 1.807) is 45.2 Å². The van der Waals surface area contributed by atoms with E-state index in [0.29, 0.717) is 54.7 Å². The number of H-pyrrole nitrogens is 1. The van der Waals surface area contributed by atoms with E-state index in [1.807, 2.05) is 96.7 Å². The van der Waals surface area contributed by atoms with Crippen molar-refractivity contribution in [3.63, 3.8) is 0 Å². The summed E-state index contributed by atoms with van der Waals surface area (Å²) < 4.78 is 166. The second-order valence-electron chi connectivity index (χ2n) is 25.9. The minimum Gasteiger partial charge on any atom is -0.478 e. The minimum absolute atomic E-state index is 0.00902. The third-order valence-corrected chi connectivity index (χ3v) is 20.7. The van der Waals surface area contributed by atoms with Gasteiger partial charge < -0.3 is 25.6 Å². The molecule has 10 rings (SSSR count). The Bertz CT molecular complexity index is 4190. The predicted octanol–water partition coefficient (Wildman–Crippen LogP) is 12.2. The molecule has 6 N–H and O–H groups in total. The smallest absolute Gasteiger partial charge is 0.410 e. The van der Waals surface area contributed by atoms with Crippen molar-refractivity contribution in [2.24, 2.45) is 17.8 Å². The molecule has 4 aliphatic rings. The van der Waals surface area contributed by atoms with E-state index in [4.69, 9.17) is 53.3 Å². The van der Waals surface area contributed by atoms with Gasteiger partial charge in [0.15, 0.2) is 17.3 Å². The van der Waals surface area contributed by atoms with Crippen LogP contribution in [0.5, 0.6) is 0 Å². The van der Waals surface area contributed by atoms with Gasteiger partial charge in [0.1, 0.15) is 51.1 Å². The van der Waals surface area contributed by atoms with Gasteiger partial charge >= 0.3 is 61.4 Å². The van der Waals surface area contributed by atoms with Crippen LogP contribution in [-0.4, -0.2) is 184 Å². The first-order valence-electron chi connectivity index (χ1n) is 34.1. The van der Waals surface area contributed by atoms with Gasteiger partial charge in [0, 0.05) is 41.7 Å². The lowest BCUT2D eigenvalue weighted by molar-refractivity contribution is -0.193. The van der Waals surface area contributed by atoms with E-state index in [0.717, 1.165) is 37.8 Å². The van der Waals surface area contributed by atoms with Crippen molar-refractivity contribution in [3.8, 4) is 0 Å². The van der Waals surface area contributed by atoms with Gasteiger partial charge in [0.25, 0.3) is 5.91 Å². The average molecular weight is 2360 g/mol. The van der Waals surface area contributed by atoms with Crippen LogP contribution in [0.2, 0.25) is 0 Å². The van der Waals surface area contributed by atoms with Crippen molar-refractivity contribution in [3.05, 3.63) is 89.7 Å². The van der Waals surface area contributed by atoms with Crippen LogP contribution in [0.15, 0.2) is 0 Å². The Balaban J connectivity index is 0.00000133. The number of aliphatic hydroxyl groups excluding tert-OH is 1. The van der Waals surface area contributed by atoms with Crippen molar-refractivity contribution < 1.29 is 135 Å². The van der Waals surface area contributed by atoms with Gasteiger partial charge in [-0.25, -0.2) is 9.59 Å². The molecule has 0 saturated carbocycles. The molecule has 10 heterocycles. The first-order valence-corrected chi connectivity index (χ1v) is 40.6. The molecule has 117 heavy (non-hydrogen) atoms. The maximum atomic E-state index is 12.6. The number of aromatic amines is 1. The van der Waals surface area contributed by atoms with Crippen LogP contribution in [0.3, 0.4) is 0 Å². The number of ketones is 3. The molecule has 50 heteroatoms. The molecule has 0 radical (unpaired) electrons. The summed E-state index contributed by atoms with van der Waals surface area (Å²) in [5, 5.41) is 51.6. The van der Waals surface area contributed by atoms with Crippen molar-refractivity contribution in [2.75, 3.05) is 6.61 Å². The zero-order valence-corrected chi connectivity index (χ0v) is 77.3. The highest BCUT2D eigenvalue weighted by atomic mass is 127. The number of hydrogen-bond acceptors (Lipinski definition) is 23. The molecule has 4 aliphatic heterocycles. The highest BCUT2D eigenvalue weighted by molar-refractivity contribution is 14.1. The molecular weight excluding hydrogens is 2280 g/mol. The minimum atomic E-state index is -4.54. The van der Waals surface area contributed by atoms with Gasteiger partial charge in [-0.15, -0.1) is 0 Å². The number of alkyl halides is 12. The first-order chi connectivity index (χ1) is 54.0. The molecule has 0 aromatic carbocycles. The maximum absolute atomic E-state index is 12.6. The summed E-state index contributed by atoms with van der Waals surface area (Å²) in [6.45, 7) is 23.8. The van der Waals surface area contributed by atoms with Gasteiger partial charge in [-0.2, -0.15) is 122 Å². The molecule has 652 valence electrons. The number of nitrogens with one attached hydrogen (secondary N) is 4. The molecule has 6 aromatic rings. The van der Waals surface area contributed by atoms with Crippen LogP contribution in [0.1, 0.15) is 194 Å².